The maximum atomic E-state index is 12.6. The minimum absolute atomic E-state index is 0.0960. The zero-order valence-electron chi connectivity index (χ0n) is 24.8. The Kier molecular flexibility index (Phi) is 12.0. The lowest BCUT2D eigenvalue weighted by atomic mass is 9.98. The van der Waals surface area contributed by atoms with E-state index in [1.165, 1.54) is 7.11 Å². The number of nitrogens with one attached hydrogen (secondary N) is 4. The summed E-state index contributed by atoms with van der Waals surface area (Å²) < 4.78 is 15.5. The average Bonchev–Trinajstić information content (AvgIpc) is 3.27. The fraction of sp³-hybridized carbons (Fsp3) is 0.484. The third-order valence-corrected chi connectivity index (χ3v) is 6.65. The number of urea groups is 1. The summed E-state index contributed by atoms with van der Waals surface area (Å²) >= 11 is 0. The highest BCUT2D eigenvalue weighted by molar-refractivity contribution is 5.83. The highest BCUT2D eigenvalue weighted by Crippen LogP contribution is 2.44. The number of hydrogen-bond acceptors (Lipinski definition) is 7. The van der Waals surface area contributed by atoms with Gasteiger partial charge in [-0.15, -0.1) is 0 Å². The van der Waals surface area contributed by atoms with Crippen LogP contribution in [0.5, 0.6) is 0 Å². The third-order valence-electron chi connectivity index (χ3n) is 6.65. The molecule has 228 valence electrons. The molecule has 0 radical (unpaired) electrons. The van der Waals surface area contributed by atoms with Gasteiger partial charge >= 0.3 is 24.2 Å². The molecule has 1 aliphatic carbocycles. The average molecular weight is 583 g/mol. The number of unbranched alkanes of at least 4 members (excludes halogenated alkanes) is 3. The molecule has 2 aromatic carbocycles. The number of carbonyl (C=O) groups excluding carboxylic acids is 4. The van der Waals surface area contributed by atoms with Crippen LogP contribution in [-0.4, -0.2) is 69.2 Å². The highest BCUT2D eigenvalue weighted by Gasteiger charge is 2.30. The van der Waals surface area contributed by atoms with Gasteiger partial charge in [0.2, 0.25) is 0 Å². The van der Waals surface area contributed by atoms with Crippen LogP contribution in [0.15, 0.2) is 48.5 Å². The smallest absolute Gasteiger partial charge is 0.407 e. The van der Waals surface area contributed by atoms with Gasteiger partial charge < -0.3 is 35.5 Å². The number of carbonyl (C=O) groups is 4. The number of fused-ring (bicyclic) bond motifs is 3. The van der Waals surface area contributed by atoms with Crippen molar-refractivity contribution in [1.29, 1.82) is 0 Å². The molecule has 0 aliphatic heterocycles. The second kappa shape index (κ2) is 15.6. The zero-order valence-corrected chi connectivity index (χ0v) is 24.8. The van der Waals surface area contributed by atoms with Gasteiger partial charge in [0.25, 0.3) is 0 Å². The second-order valence-electron chi connectivity index (χ2n) is 11.0. The standard InChI is InChI=1S/C31H42N4O7/c1-31(2,3)42-29(38)33-18-12-6-5-11-17-32-28(37)34-19-26(27(36)40-4)35-30(39)41-20-25-23-15-9-7-13-21(23)22-14-8-10-16-24(22)25/h7-10,13-16,25-26H,5-6,11-12,17-20H2,1-4H3,(H,33,38)(H,35,39)(H2,32,34,37)/t26-/m0/s1. The minimum atomic E-state index is -1.12. The van der Waals surface area contributed by atoms with Crippen LogP contribution >= 0.6 is 0 Å². The van der Waals surface area contributed by atoms with Crippen LogP contribution in [-0.2, 0) is 19.0 Å². The van der Waals surface area contributed by atoms with Gasteiger partial charge in [0.1, 0.15) is 18.2 Å². The van der Waals surface area contributed by atoms with Crippen LogP contribution in [0.25, 0.3) is 11.1 Å². The number of alkyl carbamates (subject to hydrolysis) is 2. The van der Waals surface area contributed by atoms with Gasteiger partial charge in [0.15, 0.2) is 0 Å². The minimum Gasteiger partial charge on any atom is -0.467 e. The van der Waals surface area contributed by atoms with E-state index in [2.05, 4.69) is 21.3 Å². The molecule has 11 nitrogen and oxygen atoms in total. The molecule has 0 saturated heterocycles. The summed E-state index contributed by atoms with van der Waals surface area (Å²) in [5.41, 5.74) is 3.85. The molecule has 1 atom stereocenters. The molecule has 0 saturated carbocycles. The Morgan fingerprint density at radius 1 is 0.786 bits per heavy atom. The lowest BCUT2D eigenvalue weighted by molar-refractivity contribution is -0.142. The lowest BCUT2D eigenvalue weighted by Gasteiger charge is -2.19. The second-order valence-corrected chi connectivity index (χ2v) is 11.0. The van der Waals surface area contributed by atoms with Crippen molar-refractivity contribution in [3.63, 3.8) is 0 Å². The Balaban J connectivity index is 1.34. The summed E-state index contributed by atoms with van der Waals surface area (Å²) in [6.07, 6.45) is 2.08. The van der Waals surface area contributed by atoms with Crippen LogP contribution < -0.4 is 21.3 Å². The fourth-order valence-electron chi connectivity index (χ4n) is 4.69. The first-order chi connectivity index (χ1) is 20.1. The number of methoxy groups -OCH3 is 1. The van der Waals surface area contributed by atoms with E-state index in [0.717, 1.165) is 47.9 Å². The summed E-state index contributed by atoms with van der Waals surface area (Å²) in [5, 5.41) is 10.5. The van der Waals surface area contributed by atoms with Gasteiger partial charge in [-0.25, -0.2) is 19.2 Å². The van der Waals surface area contributed by atoms with Crippen molar-refractivity contribution in [3.05, 3.63) is 59.7 Å². The molecule has 11 heteroatoms. The molecule has 0 unspecified atom stereocenters. The Labute approximate surface area is 247 Å². The van der Waals surface area contributed by atoms with Gasteiger partial charge in [-0.05, 0) is 55.9 Å². The molecule has 3 rings (SSSR count). The summed E-state index contributed by atoms with van der Waals surface area (Å²) in [4.78, 5) is 48.7. The first-order valence-electron chi connectivity index (χ1n) is 14.3. The number of amides is 4. The molecule has 4 N–H and O–H groups in total. The number of ether oxygens (including phenoxy) is 3. The maximum absolute atomic E-state index is 12.6. The summed E-state index contributed by atoms with van der Waals surface area (Å²) in [6.45, 7) is 6.32. The number of esters is 1. The van der Waals surface area contributed by atoms with E-state index in [4.69, 9.17) is 14.2 Å². The Hall–Kier alpha value is -4.28. The van der Waals surface area contributed by atoms with E-state index in [9.17, 15) is 19.2 Å². The van der Waals surface area contributed by atoms with Crippen LogP contribution in [0, 0.1) is 0 Å². The van der Waals surface area contributed by atoms with Gasteiger partial charge in [0.05, 0.1) is 13.7 Å². The van der Waals surface area contributed by atoms with Crippen molar-refractivity contribution in [2.24, 2.45) is 0 Å². The van der Waals surface area contributed by atoms with Crippen molar-refractivity contribution in [2.45, 2.75) is 64.0 Å². The summed E-state index contributed by atoms with van der Waals surface area (Å²) in [5.74, 6) is -0.825. The zero-order chi connectivity index (χ0) is 30.5. The van der Waals surface area contributed by atoms with E-state index >= 15 is 0 Å². The van der Waals surface area contributed by atoms with Gasteiger partial charge in [-0.1, -0.05) is 61.4 Å². The van der Waals surface area contributed by atoms with Gasteiger partial charge in [-0.2, -0.15) is 0 Å². The molecule has 4 amide bonds. The van der Waals surface area contributed by atoms with E-state index < -0.39 is 35.8 Å². The van der Waals surface area contributed by atoms with Crippen LogP contribution in [0.2, 0.25) is 0 Å². The highest BCUT2D eigenvalue weighted by atomic mass is 16.6. The molecule has 0 aromatic heterocycles. The number of benzene rings is 2. The first kappa shape index (κ1) is 32.2. The van der Waals surface area contributed by atoms with E-state index in [0.29, 0.717) is 13.1 Å². The molecular formula is C31H42N4O7. The molecular weight excluding hydrogens is 540 g/mol. The van der Waals surface area contributed by atoms with Crippen LogP contribution in [0.3, 0.4) is 0 Å². The predicted octanol–water partition coefficient (Wildman–Crippen LogP) is 4.45. The van der Waals surface area contributed by atoms with Gasteiger partial charge in [0, 0.05) is 19.0 Å². The molecule has 2 aromatic rings. The SMILES string of the molecule is COC(=O)[C@H](CNC(=O)NCCCCCCNC(=O)OC(C)(C)C)NC(=O)OCC1c2ccccc2-c2ccccc21. The Bertz CT molecular complexity index is 1180. The topological polar surface area (TPSA) is 144 Å². The number of hydrogen-bond donors (Lipinski definition) is 4. The van der Waals surface area contributed by atoms with Crippen molar-refractivity contribution in [3.8, 4) is 11.1 Å². The molecule has 1 aliphatic rings. The van der Waals surface area contributed by atoms with E-state index in [1.54, 1.807) is 0 Å². The van der Waals surface area contributed by atoms with Crippen molar-refractivity contribution >= 4 is 24.2 Å². The third kappa shape index (κ3) is 9.97. The largest absolute Gasteiger partial charge is 0.467 e. The Morgan fingerprint density at radius 2 is 1.36 bits per heavy atom. The van der Waals surface area contributed by atoms with Crippen LogP contribution in [0.1, 0.15) is 63.5 Å². The molecule has 0 fully saturated rings. The molecule has 0 spiro atoms. The molecule has 42 heavy (non-hydrogen) atoms. The molecule has 0 heterocycles. The lowest BCUT2D eigenvalue weighted by Crippen LogP contribution is -2.51. The predicted molar refractivity (Wildman–Crippen MR) is 158 cm³/mol. The summed E-state index contributed by atoms with van der Waals surface area (Å²) in [6, 6.07) is 14.4. The number of rotatable bonds is 13. The van der Waals surface area contributed by atoms with Crippen molar-refractivity contribution in [1.82, 2.24) is 21.3 Å². The Morgan fingerprint density at radius 3 is 1.93 bits per heavy atom. The van der Waals surface area contributed by atoms with Crippen molar-refractivity contribution < 1.29 is 33.4 Å². The van der Waals surface area contributed by atoms with Crippen molar-refractivity contribution in [2.75, 3.05) is 33.4 Å². The van der Waals surface area contributed by atoms with Gasteiger partial charge in [-0.3, -0.25) is 0 Å². The normalized spacial score (nSPS) is 12.8. The van der Waals surface area contributed by atoms with E-state index in [-0.39, 0.29) is 19.1 Å². The first-order valence-corrected chi connectivity index (χ1v) is 14.3. The monoisotopic (exact) mass is 582 g/mol. The fourth-order valence-corrected chi connectivity index (χ4v) is 4.69. The van der Waals surface area contributed by atoms with E-state index in [1.807, 2.05) is 69.3 Å². The maximum Gasteiger partial charge on any atom is 0.407 e. The molecule has 0 bridgehead atoms. The van der Waals surface area contributed by atoms with Crippen LogP contribution in [0.4, 0.5) is 14.4 Å². The quantitative estimate of drug-likeness (QED) is 0.155. The summed E-state index contributed by atoms with van der Waals surface area (Å²) in [7, 11) is 1.21.